The van der Waals surface area contributed by atoms with Gasteiger partial charge in [-0.05, 0) is 36.4 Å². The minimum atomic E-state index is -1.16. The van der Waals surface area contributed by atoms with Gasteiger partial charge in [-0.3, -0.25) is 4.79 Å². The van der Waals surface area contributed by atoms with Crippen LogP contribution in [0.5, 0.6) is 5.75 Å². The van der Waals surface area contributed by atoms with E-state index in [1.165, 1.54) is 24.3 Å². The number of hydrogen-bond donors (Lipinski definition) is 4. The van der Waals surface area contributed by atoms with E-state index in [-0.39, 0.29) is 28.3 Å². The largest absolute Gasteiger partial charge is 0.506 e. The van der Waals surface area contributed by atoms with Crippen LogP contribution >= 0.6 is 15.9 Å². The second-order valence-electron chi connectivity index (χ2n) is 4.22. The first-order valence-electron chi connectivity index (χ1n) is 5.81. The maximum absolute atomic E-state index is 12.1. The maximum atomic E-state index is 12.1. The highest BCUT2D eigenvalue weighted by atomic mass is 79.9. The molecule has 2 aromatic rings. The Morgan fingerprint density at radius 2 is 1.86 bits per heavy atom. The summed E-state index contributed by atoms with van der Waals surface area (Å²) in [7, 11) is 0. The predicted molar refractivity (Wildman–Crippen MR) is 81.6 cm³/mol. The molecule has 0 aliphatic rings. The highest BCUT2D eigenvalue weighted by Gasteiger charge is 2.14. The van der Waals surface area contributed by atoms with Crippen molar-refractivity contribution in [1.29, 1.82) is 0 Å². The third-order valence-electron chi connectivity index (χ3n) is 2.75. The molecule has 0 heterocycles. The molecular weight excluding hydrogens is 340 g/mol. The van der Waals surface area contributed by atoms with Crippen LogP contribution in [0.15, 0.2) is 40.9 Å². The van der Waals surface area contributed by atoms with Gasteiger partial charge in [0.15, 0.2) is 0 Å². The molecule has 0 aromatic heterocycles. The molecule has 0 saturated heterocycles. The molecule has 0 bridgehead atoms. The number of carbonyl (C=O) groups excluding carboxylic acids is 1. The van der Waals surface area contributed by atoms with Crippen LogP contribution in [0.25, 0.3) is 0 Å². The number of halogens is 1. The van der Waals surface area contributed by atoms with E-state index < -0.39 is 11.9 Å². The van der Waals surface area contributed by atoms with Crippen LogP contribution in [0.4, 0.5) is 11.4 Å². The van der Waals surface area contributed by atoms with Crippen LogP contribution < -0.4 is 11.1 Å². The highest BCUT2D eigenvalue weighted by molar-refractivity contribution is 9.10. The number of aromatic carboxylic acids is 1. The van der Waals surface area contributed by atoms with Crippen molar-refractivity contribution in [2.45, 2.75) is 0 Å². The summed E-state index contributed by atoms with van der Waals surface area (Å²) in [4.78, 5) is 23.0. The van der Waals surface area contributed by atoms with Gasteiger partial charge in [-0.2, -0.15) is 0 Å². The summed E-state index contributed by atoms with van der Waals surface area (Å²) in [5.74, 6) is -1.93. The number of anilines is 2. The van der Waals surface area contributed by atoms with Crippen LogP contribution in [0.3, 0.4) is 0 Å². The second kappa shape index (κ2) is 5.84. The van der Waals surface area contributed by atoms with E-state index in [1.54, 1.807) is 12.1 Å². The average Bonchev–Trinajstić information content (AvgIpc) is 2.40. The monoisotopic (exact) mass is 350 g/mol. The SMILES string of the molecule is Nc1cc(Br)ccc1C(=O)Nc1cc(C(=O)O)ccc1O. The summed E-state index contributed by atoms with van der Waals surface area (Å²) in [6.07, 6.45) is 0. The fourth-order valence-electron chi connectivity index (χ4n) is 1.70. The zero-order valence-corrected chi connectivity index (χ0v) is 12.2. The standard InChI is InChI=1S/C14H11BrN2O4/c15-8-2-3-9(10(16)6-8)13(19)17-11-5-7(14(20)21)1-4-12(11)18/h1-6,18H,16H2,(H,17,19)(H,20,21). The molecule has 1 amide bonds. The second-order valence-corrected chi connectivity index (χ2v) is 5.14. The van der Waals surface area contributed by atoms with Crippen molar-refractivity contribution in [3.8, 4) is 5.75 Å². The Morgan fingerprint density at radius 3 is 2.48 bits per heavy atom. The van der Waals surface area contributed by atoms with E-state index in [4.69, 9.17) is 10.8 Å². The number of benzene rings is 2. The number of rotatable bonds is 3. The minimum absolute atomic E-state index is 0.00205. The molecule has 21 heavy (non-hydrogen) atoms. The number of nitrogens with two attached hydrogens (primary N) is 1. The fourth-order valence-corrected chi connectivity index (χ4v) is 2.08. The summed E-state index contributed by atoms with van der Waals surface area (Å²) in [5.41, 5.74) is 6.18. The normalized spacial score (nSPS) is 10.1. The van der Waals surface area contributed by atoms with Crippen LogP contribution in [0, 0.1) is 0 Å². The Hall–Kier alpha value is -2.54. The number of carbonyl (C=O) groups is 2. The Morgan fingerprint density at radius 1 is 1.14 bits per heavy atom. The molecule has 0 atom stereocenters. The van der Waals surface area contributed by atoms with Gasteiger partial charge in [0.25, 0.3) is 5.91 Å². The number of carboxylic acid groups (broad SMARTS) is 1. The summed E-state index contributed by atoms with van der Waals surface area (Å²) < 4.78 is 0.729. The first kappa shape index (κ1) is 14.9. The fraction of sp³-hybridized carbons (Fsp3) is 0. The van der Waals surface area contributed by atoms with Crippen LogP contribution in [-0.2, 0) is 0 Å². The van der Waals surface area contributed by atoms with Crippen molar-refractivity contribution in [1.82, 2.24) is 0 Å². The van der Waals surface area contributed by atoms with E-state index in [0.29, 0.717) is 0 Å². The van der Waals surface area contributed by atoms with Gasteiger partial charge in [-0.25, -0.2) is 4.79 Å². The maximum Gasteiger partial charge on any atom is 0.335 e. The van der Waals surface area contributed by atoms with Crippen molar-refractivity contribution in [2.24, 2.45) is 0 Å². The summed E-state index contributed by atoms with van der Waals surface area (Å²) in [5, 5.41) is 21.0. The molecule has 0 fully saturated rings. The molecule has 0 aliphatic carbocycles. The highest BCUT2D eigenvalue weighted by Crippen LogP contribution is 2.26. The van der Waals surface area contributed by atoms with Crippen molar-refractivity contribution in [2.75, 3.05) is 11.1 Å². The number of hydrogen-bond acceptors (Lipinski definition) is 4. The lowest BCUT2D eigenvalue weighted by molar-refractivity contribution is 0.0696. The lowest BCUT2D eigenvalue weighted by Crippen LogP contribution is -2.14. The predicted octanol–water partition coefficient (Wildman–Crippen LogP) is 2.69. The molecule has 108 valence electrons. The van der Waals surface area contributed by atoms with Crippen LogP contribution in [0.2, 0.25) is 0 Å². The van der Waals surface area contributed by atoms with Crippen molar-refractivity contribution >= 4 is 39.2 Å². The number of nitrogen functional groups attached to an aromatic ring is 1. The minimum Gasteiger partial charge on any atom is -0.506 e. The average molecular weight is 351 g/mol. The summed E-state index contributed by atoms with van der Waals surface area (Å²) in [6.45, 7) is 0. The molecule has 0 radical (unpaired) electrons. The molecule has 0 unspecified atom stereocenters. The third kappa shape index (κ3) is 3.32. The molecule has 6 nitrogen and oxygen atoms in total. The zero-order chi connectivity index (χ0) is 15.6. The Kier molecular flexibility index (Phi) is 4.13. The smallest absolute Gasteiger partial charge is 0.335 e. The number of nitrogens with one attached hydrogen (secondary N) is 1. The molecule has 2 rings (SSSR count). The first-order valence-corrected chi connectivity index (χ1v) is 6.60. The lowest BCUT2D eigenvalue weighted by Gasteiger charge is -2.10. The van der Waals surface area contributed by atoms with Gasteiger partial charge < -0.3 is 21.3 Å². The van der Waals surface area contributed by atoms with E-state index in [0.717, 1.165) is 4.47 Å². The quantitative estimate of drug-likeness (QED) is 0.502. The number of phenols is 1. The topological polar surface area (TPSA) is 113 Å². The number of amides is 1. The summed E-state index contributed by atoms with van der Waals surface area (Å²) >= 11 is 3.23. The lowest BCUT2D eigenvalue weighted by atomic mass is 10.1. The van der Waals surface area contributed by atoms with Gasteiger partial charge in [0, 0.05) is 10.2 Å². The molecule has 0 spiro atoms. The number of phenolic OH excluding ortho intramolecular Hbond substituents is 1. The van der Waals surface area contributed by atoms with Crippen molar-refractivity contribution in [3.05, 3.63) is 52.0 Å². The van der Waals surface area contributed by atoms with Gasteiger partial charge in [-0.1, -0.05) is 15.9 Å². The van der Waals surface area contributed by atoms with Crippen LogP contribution in [-0.4, -0.2) is 22.1 Å². The van der Waals surface area contributed by atoms with Gasteiger partial charge in [0.2, 0.25) is 0 Å². The van der Waals surface area contributed by atoms with Gasteiger partial charge in [0.05, 0.1) is 16.8 Å². The summed E-state index contributed by atoms with van der Waals surface area (Å²) in [6, 6.07) is 8.35. The van der Waals surface area contributed by atoms with Crippen molar-refractivity contribution < 1.29 is 19.8 Å². The van der Waals surface area contributed by atoms with E-state index in [1.807, 2.05) is 0 Å². The number of carboxylic acids is 1. The Labute approximate surface area is 128 Å². The molecular formula is C14H11BrN2O4. The number of aromatic hydroxyl groups is 1. The van der Waals surface area contributed by atoms with Crippen molar-refractivity contribution in [3.63, 3.8) is 0 Å². The van der Waals surface area contributed by atoms with Gasteiger partial charge in [-0.15, -0.1) is 0 Å². The van der Waals surface area contributed by atoms with Gasteiger partial charge >= 0.3 is 5.97 Å². The first-order chi connectivity index (χ1) is 9.88. The molecule has 0 aliphatic heterocycles. The molecule has 5 N–H and O–H groups in total. The zero-order valence-electron chi connectivity index (χ0n) is 10.6. The Bertz CT molecular complexity index is 731. The molecule has 2 aromatic carbocycles. The Balaban J connectivity index is 2.31. The van der Waals surface area contributed by atoms with E-state index in [2.05, 4.69) is 21.2 Å². The molecule has 7 heteroatoms. The van der Waals surface area contributed by atoms with Gasteiger partial charge in [0.1, 0.15) is 5.75 Å². The molecule has 0 saturated carbocycles. The van der Waals surface area contributed by atoms with Crippen LogP contribution in [0.1, 0.15) is 20.7 Å². The van der Waals surface area contributed by atoms with E-state index >= 15 is 0 Å². The van der Waals surface area contributed by atoms with E-state index in [9.17, 15) is 14.7 Å². The third-order valence-corrected chi connectivity index (χ3v) is 3.24.